The number of halogens is 1. The Hall–Kier alpha value is -3.26. The van der Waals surface area contributed by atoms with Crippen LogP contribution in [0.15, 0.2) is 47.0 Å². The molecule has 8 heteroatoms. The van der Waals surface area contributed by atoms with Gasteiger partial charge in [-0.2, -0.15) is 4.98 Å². The zero-order chi connectivity index (χ0) is 20.2. The van der Waals surface area contributed by atoms with Gasteiger partial charge < -0.3 is 19.5 Å². The fourth-order valence-corrected chi connectivity index (χ4v) is 3.03. The standard InChI is InChI=1S/C21H21FN4O3/c1-14-2-3-16(12-18(14)22)20-24-19(29-25-20)13-23-17-6-4-15(5-7-17)21(27)26-8-10-28-11-9-26/h2-7,12,23H,8-11,13H2,1H3. The molecule has 1 saturated heterocycles. The zero-order valence-corrected chi connectivity index (χ0v) is 16.0. The fourth-order valence-electron chi connectivity index (χ4n) is 3.03. The second-order valence-electron chi connectivity index (χ2n) is 6.81. The molecule has 1 amide bonds. The van der Waals surface area contributed by atoms with Gasteiger partial charge in [-0.1, -0.05) is 17.3 Å². The first kappa shape index (κ1) is 19.1. The Kier molecular flexibility index (Phi) is 5.53. The Bertz CT molecular complexity index is 997. The first-order valence-electron chi connectivity index (χ1n) is 9.40. The van der Waals surface area contributed by atoms with E-state index in [0.717, 1.165) is 5.69 Å². The summed E-state index contributed by atoms with van der Waals surface area (Å²) in [5, 5.41) is 7.08. The number of rotatable bonds is 5. The highest BCUT2D eigenvalue weighted by molar-refractivity contribution is 5.94. The molecule has 0 saturated carbocycles. The molecular formula is C21H21FN4O3. The molecule has 1 aliphatic heterocycles. The number of aromatic nitrogens is 2. The van der Waals surface area contributed by atoms with E-state index in [2.05, 4.69) is 15.5 Å². The molecule has 0 bridgehead atoms. The number of hydrogen-bond acceptors (Lipinski definition) is 6. The van der Waals surface area contributed by atoms with E-state index >= 15 is 0 Å². The largest absolute Gasteiger partial charge is 0.378 e. The summed E-state index contributed by atoms with van der Waals surface area (Å²) in [6.07, 6.45) is 0. The minimum Gasteiger partial charge on any atom is -0.378 e. The average molecular weight is 396 g/mol. The van der Waals surface area contributed by atoms with E-state index in [4.69, 9.17) is 9.26 Å². The second kappa shape index (κ2) is 8.40. The van der Waals surface area contributed by atoms with Gasteiger partial charge in [-0.05, 0) is 42.8 Å². The zero-order valence-electron chi connectivity index (χ0n) is 16.0. The Morgan fingerprint density at radius 1 is 1.17 bits per heavy atom. The number of hydrogen-bond donors (Lipinski definition) is 1. The summed E-state index contributed by atoms with van der Waals surface area (Å²) in [6, 6.07) is 12.1. The first-order valence-corrected chi connectivity index (χ1v) is 9.40. The number of benzene rings is 2. The molecule has 1 fully saturated rings. The molecule has 1 aliphatic rings. The van der Waals surface area contributed by atoms with Crippen molar-refractivity contribution in [3.8, 4) is 11.4 Å². The van der Waals surface area contributed by atoms with Crippen LogP contribution in [-0.2, 0) is 11.3 Å². The summed E-state index contributed by atoms with van der Waals surface area (Å²) in [5.41, 5.74) is 2.59. The van der Waals surface area contributed by atoms with E-state index in [0.29, 0.717) is 61.3 Å². The Morgan fingerprint density at radius 2 is 1.93 bits per heavy atom. The van der Waals surface area contributed by atoms with Crippen LogP contribution in [0.2, 0.25) is 0 Å². The molecule has 0 aliphatic carbocycles. The molecule has 0 unspecified atom stereocenters. The number of nitrogens with one attached hydrogen (secondary N) is 1. The summed E-state index contributed by atoms with van der Waals surface area (Å²) >= 11 is 0. The van der Waals surface area contributed by atoms with Gasteiger partial charge in [0.15, 0.2) is 0 Å². The molecule has 7 nitrogen and oxygen atoms in total. The molecule has 2 aromatic carbocycles. The normalized spacial score (nSPS) is 14.1. The molecule has 2 heterocycles. The maximum Gasteiger partial charge on any atom is 0.254 e. The van der Waals surface area contributed by atoms with E-state index in [1.165, 1.54) is 6.07 Å². The SMILES string of the molecule is Cc1ccc(-c2noc(CNc3ccc(C(=O)N4CCOCC4)cc3)n2)cc1F. The lowest BCUT2D eigenvalue weighted by atomic mass is 10.1. The van der Waals surface area contributed by atoms with E-state index in [9.17, 15) is 9.18 Å². The Morgan fingerprint density at radius 3 is 2.66 bits per heavy atom. The van der Waals surface area contributed by atoms with Crippen LogP contribution in [0.5, 0.6) is 0 Å². The van der Waals surface area contributed by atoms with Crippen molar-refractivity contribution in [1.82, 2.24) is 15.0 Å². The summed E-state index contributed by atoms with van der Waals surface area (Å²) in [6.45, 7) is 4.40. The average Bonchev–Trinajstić information content (AvgIpc) is 3.24. The highest BCUT2D eigenvalue weighted by Gasteiger charge is 2.18. The molecule has 0 radical (unpaired) electrons. The molecule has 29 heavy (non-hydrogen) atoms. The highest BCUT2D eigenvalue weighted by atomic mass is 19.1. The van der Waals surface area contributed by atoms with Crippen LogP contribution in [0.3, 0.4) is 0 Å². The number of ether oxygens (including phenoxy) is 1. The maximum absolute atomic E-state index is 13.7. The van der Waals surface area contributed by atoms with Crippen molar-refractivity contribution in [2.75, 3.05) is 31.6 Å². The highest BCUT2D eigenvalue weighted by Crippen LogP contribution is 2.19. The lowest BCUT2D eigenvalue weighted by Crippen LogP contribution is -2.40. The number of morpholine rings is 1. The van der Waals surface area contributed by atoms with Crippen LogP contribution in [0.1, 0.15) is 21.8 Å². The van der Waals surface area contributed by atoms with Crippen molar-refractivity contribution in [1.29, 1.82) is 0 Å². The lowest BCUT2D eigenvalue weighted by Gasteiger charge is -2.26. The second-order valence-corrected chi connectivity index (χ2v) is 6.81. The Labute approximate surface area is 167 Å². The minimum absolute atomic E-state index is 0.00623. The predicted octanol–water partition coefficient (Wildman–Crippen LogP) is 3.27. The van der Waals surface area contributed by atoms with Gasteiger partial charge in [0.05, 0.1) is 19.8 Å². The maximum atomic E-state index is 13.7. The third kappa shape index (κ3) is 4.43. The summed E-state index contributed by atoms with van der Waals surface area (Å²) < 4.78 is 24.2. The number of anilines is 1. The van der Waals surface area contributed by atoms with Crippen molar-refractivity contribution in [2.45, 2.75) is 13.5 Å². The molecule has 0 spiro atoms. The third-order valence-corrected chi connectivity index (χ3v) is 4.77. The number of carbonyl (C=O) groups is 1. The molecule has 150 valence electrons. The quantitative estimate of drug-likeness (QED) is 0.713. The van der Waals surface area contributed by atoms with Crippen molar-refractivity contribution in [3.05, 3.63) is 65.3 Å². The number of amides is 1. The van der Waals surface area contributed by atoms with Crippen LogP contribution in [0, 0.1) is 12.7 Å². The smallest absolute Gasteiger partial charge is 0.254 e. The van der Waals surface area contributed by atoms with Gasteiger partial charge in [-0.3, -0.25) is 4.79 Å². The molecular weight excluding hydrogens is 375 g/mol. The summed E-state index contributed by atoms with van der Waals surface area (Å²) in [5.74, 6) is 0.423. The number of aryl methyl sites for hydroxylation is 1. The van der Waals surface area contributed by atoms with E-state index in [1.54, 1.807) is 36.1 Å². The monoisotopic (exact) mass is 396 g/mol. The topological polar surface area (TPSA) is 80.5 Å². The molecule has 1 aromatic heterocycles. The van der Waals surface area contributed by atoms with Gasteiger partial charge >= 0.3 is 0 Å². The summed E-state index contributed by atoms with van der Waals surface area (Å²) in [4.78, 5) is 18.5. The van der Waals surface area contributed by atoms with Crippen molar-refractivity contribution >= 4 is 11.6 Å². The van der Waals surface area contributed by atoms with Crippen molar-refractivity contribution in [2.24, 2.45) is 0 Å². The minimum atomic E-state index is -0.307. The molecule has 3 aromatic rings. The molecule has 0 atom stereocenters. The van der Waals surface area contributed by atoms with Crippen molar-refractivity contribution in [3.63, 3.8) is 0 Å². The van der Waals surface area contributed by atoms with Gasteiger partial charge in [0.25, 0.3) is 5.91 Å². The first-order chi connectivity index (χ1) is 14.1. The van der Waals surface area contributed by atoms with E-state index < -0.39 is 0 Å². The number of carbonyl (C=O) groups excluding carboxylic acids is 1. The van der Waals surface area contributed by atoms with Crippen LogP contribution in [-0.4, -0.2) is 47.3 Å². The van der Waals surface area contributed by atoms with Crippen LogP contribution >= 0.6 is 0 Å². The van der Waals surface area contributed by atoms with Crippen molar-refractivity contribution < 1.29 is 18.4 Å². The third-order valence-electron chi connectivity index (χ3n) is 4.77. The van der Waals surface area contributed by atoms with Crippen LogP contribution in [0.4, 0.5) is 10.1 Å². The van der Waals surface area contributed by atoms with Gasteiger partial charge in [0.2, 0.25) is 11.7 Å². The van der Waals surface area contributed by atoms with Gasteiger partial charge in [-0.25, -0.2) is 4.39 Å². The summed E-state index contributed by atoms with van der Waals surface area (Å²) in [7, 11) is 0. The van der Waals surface area contributed by atoms with Gasteiger partial charge in [0.1, 0.15) is 5.82 Å². The lowest BCUT2D eigenvalue weighted by molar-refractivity contribution is 0.0303. The van der Waals surface area contributed by atoms with E-state index in [1.807, 2.05) is 12.1 Å². The number of nitrogens with zero attached hydrogens (tertiary/aromatic N) is 3. The van der Waals surface area contributed by atoms with Crippen LogP contribution in [0.25, 0.3) is 11.4 Å². The molecule has 4 rings (SSSR count). The van der Waals surface area contributed by atoms with E-state index in [-0.39, 0.29) is 11.7 Å². The predicted molar refractivity (Wildman–Crippen MR) is 105 cm³/mol. The van der Waals surface area contributed by atoms with Gasteiger partial charge in [-0.15, -0.1) is 0 Å². The fraction of sp³-hybridized carbons (Fsp3) is 0.286. The molecule has 1 N–H and O–H groups in total. The Balaban J connectivity index is 1.36. The van der Waals surface area contributed by atoms with Crippen LogP contribution < -0.4 is 5.32 Å². The van der Waals surface area contributed by atoms with Gasteiger partial charge in [0, 0.05) is 29.9 Å².